The molecule has 0 aromatic rings. The van der Waals surface area contributed by atoms with Crippen LogP contribution in [-0.2, 0) is 4.74 Å². The molecule has 0 spiro atoms. The third-order valence-electron chi connectivity index (χ3n) is 2.24. The maximum absolute atomic E-state index is 5.79. The molecule has 0 aliphatic heterocycles. The van der Waals surface area contributed by atoms with Gasteiger partial charge < -0.3 is 10.1 Å². The maximum atomic E-state index is 5.79. The zero-order chi connectivity index (χ0) is 11.2. The van der Waals surface area contributed by atoms with Gasteiger partial charge in [0, 0.05) is 12.1 Å². The summed E-state index contributed by atoms with van der Waals surface area (Å²) in [6.45, 7) is 14.9. The molecule has 1 N–H and O–H groups in total. The fourth-order valence-electron chi connectivity index (χ4n) is 1.42. The van der Waals surface area contributed by atoms with Crippen LogP contribution in [0.2, 0.25) is 0 Å². The van der Waals surface area contributed by atoms with Gasteiger partial charge in [-0.3, -0.25) is 0 Å². The first kappa shape index (κ1) is 13.9. The van der Waals surface area contributed by atoms with Crippen LogP contribution in [0, 0.1) is 5.92 Å². The molecule has 0 radical (unpaired) electrons. The Morgan fingerprint density at radius 2 is 1.79 bits per heavy atom. The van der Waals surface area contributed by atoms with E-state index in [1.54, 1.807) is 0 Å². The van der Waals surface area contributed by atoms with E-state index in [1.165, 1.54) is 0 Å². The van der Waals surface area contributed by atoms with Crippen LogP contribution in [0.15, 0.2) is 0 Å². The number of ether oxygens (including phenoxy) is 1. The Morgan fingerprint density at radius 1 is 1.21 bits per heavy atom. The Morgan fingerprint density at radius 3 is 2.14 bits per heavy atom. The standard InChI is InChI=1S/C12H27NO/c1-7-11(10(2)3)14-9-8-13-12(4,5)6/h10-11,13H,7-9H2,1-6H3. The summed E-state index contributed by atoms with van der Waals surface area (Å²) in [7, 11) is 0. The summed E-state index contributed by atoms with van der Waals surface area (Å²) in [4.78, 5) is 0. The van der Waals surface area contributed by atoms with E-state index in [0.717, 1.165) is 19.6 Å². The van der Waals surface area contributed by atoms with Crippen molar-refractivity contribution in [2.45, 2.75) is 59.6 Å². The first-order chi connectivity index (χ1) is 6.37. The van der Waals surface area contributed by atoms with Crippen molar-refractivity contribution in [2.24, 2.45) is 5.92 Å². The molecule has 86 valence electrons. The van der Waals surface area contributed by atoms with Crippen molar-refractivity contribution in [3.05, 3.63) is 0 Å². The van der Waals surface area contributed by atoms with E-state index >= 15 is 0 Å². The van der Waals surface area contributed by atoms with Crippen LogP contribution in [0.1, 0.15) is 48.0 Å². The molecule has 0 aliphatic rings. The molecular formula is C12H27NO. The second-order valence-electron chi connectivity index (χ2n) is 5.24. The molecule has 0 amide bonds. The lowest BCUT2D eigenvalue weighted by molar-refractivity contribution is 0.0200. The predicted octanol–water partition coefficient (Wildman–Crippen LogP) is 2.83. The van der Waals surface area contributed by atoms with Crippen LogP contribution in [0.4, 0.5) is 0 Å². The lowest BCUT2D eigenvalue weighted by Crippen LogP contribution is -2.38. The number of hydrogen-bond acceptors (Lipinski definition) is 2. The van der Waals surface area contributed by atoms with Gasteiger partial charge in [-0.2, -0.15) is 0 Å². The Bertz CT molecular complexity index is 138. The molecule has 0 saturated carbocycles. The van der Waals surface area contributed by atoms with Gasteiger partial charge in [0.2, 0.25) is 0 Å². The van der Waals surface area contributed by atoms with Crippen molar-refractivity contribution < 1.29 is 4.74 Å². The minimum absolute atomic E-state index is 0.197. The average Bonchev–Trinajstić information content (AvgIpc) is 2.01. The average molecular weight is 201 g/mol. The highest BCUT2D eigenvalue weighted by molar-refractivity contribution is 4.69. The molecule has 0 aromatic heterocycles. The van der Waals surface area contributed by atoms with Crippen molar-refractivity contribution in [1.82, 2.24) is 5.32 Å². The Hall–Kier alpha value is -0.0800. The summed E-state index contributed by atoms with van der Waals surface area (Å²) in [5, 5.41) is 3.42. The van der Waals surface area contributed by atoms with Gasteiger partial charge in [-0.25, -0.2) is 0 Å². The second-order valence-corrected chi connectivity index (χ2v) is 5.24. The minimum Gasteiger partial charge on any atom is -0.377 e. The highest BCUT2D eigenvalue weighted by Gasteiger charge is 2.12. The second kappa shape index (κ2) is 6.41. The molecule has 2 heteroatoms. The summed E-state index contributed by atoms with van der Waals surface area (Å²) in [5.74, 6) is 0.620. The Kier molecular flexibility index (Phi) is 6.38. The summed E-state index contributed by atoms with van der Waals surface area (Å²) >= 11 is 0. The fourth-order valence-corrected chi connectivity index (χ4v) is 1.42. The Balaban J connectivity index is 3.52. The molecule has 1 atom stereocenters. The van der Waals surface area contributed by atoms with Crippen LogP contribution in [-0.4, -0.2) is 24.8 Å². The van der Waals surface area contributed by atoms with Gasteiger partial charge >= 0.3 is 0 Å². The largest absolute Gasteiger partial charge is 0.377 e. The van der Waals surface area contributed by atoms with E-state index in [2.05, 4.69) is 46.9 Å². The summed E-state index contributed by atoms with van der Waals surface area (Å²) < 4.78 is 5.79. The van der Waals surface area contributed by atoms with E-state index < -0.39 is 0 Å². The quantitative estimate of drug-likeness (QED) is 0.667. The van der Waals surface area contributed by atoms with E-state index in [0.29, 0.717) is 12.0 Å². The first-order valence-corrected chi connectivity index (χ1v) is 5.73. The molecule has 0 aromatic carbocycles. The predicted molar refractivity (Wildman–Crippen MR) is 62.6 cm³/mol. The van der Waals surface area contributed by atoms with E-state index in [4.69, 9.17) is 4.74 Å². The lowest BCUT2D eigenvalue weighted by Gasteiger charge is -2.23. The molecule has 0 heterocycles. The zero-order valence-corrected chi connectivity index (χ0v) is 10.7. The zero-order valence-electron chi connectivity index (χ0n) is 10.7. The van der Waals surface area contributed by atoms with Gasteiger partial charge in [-0.15, -0.1) is 0 Å². The van der Waals surface area contributed by atoms with Gasteiger partial charge in [0.05, 0.1) is 12.7 Å². The van der Waals surface area contributed by atoms with E-state index in [-0.39, 0.29) is 5.54 Å². The van der Waals surface area contributed by atoms with Crippen LogP contribution >= 0.6 is 0 Å². The highest BCUT2D eigenvalue weighted by atomic mass is 16.5. The van der Waals surface area contributed by atoms with Crippen molar-refractivity contribution in [2.75, 3.05) is 13.2 Å². The van der Waals surface area contributed by atoms with Gasteiger partial charge in [-0.1, -0.05) is 20.8 Å². The van der Waals surface area contributed by atoms with Crippen LogP contribution in [0.3, 0.4) is 0 Å². The number of nitrogens with one attached hydrogen (secondary N) is 1. The van der Waals surface area contributed by atoms with Gasteiger partial charge in [0.1, 0.15) is 0 Å². The van der Waals surface area contributed by atoms with Crippen molar-refractivity contribution in [3.63, 3.8) is 0 Å². The third-order valence-corrected chi connectivity index (χ3v) is 2.24. The molecule has 0 bridgehead atoms. The van der Waals surface area contributed by atoms with Gasteiger partial charge in [0.25, 0.3) is 0 Å². The monoisotopic (exact) mass is 201 g/mol. The molecule has 1 unspecified atom stereocenters. The van der Waals surface area contributed by atoms with Crippen molar-refractivity contribution in [3.8, 4) is 0 Å². The molecule has 2 nitrogen and oxygen atoms in total. The molecule has 14 heavy (non-hydrogen) atoms. The van der Waals surface area contributed by atoms with Crippen molar-refractivity contribution >= 4 is 0 Å². The molecular weight excluding hydrogens is 174 g/mol. The number of hydrogen-bond donors (Lipinski definition) is 1. The molecule has 0 aliphatic carbocycles. The number of rotatable bonds is 6. The fraction of sp³-hybridized carbons (Fsp3) is 1.00. The molecule has 0 fully saturated rings. The summed E-state index contributed by atoms with van der Waals surface area (Å²) in [6.07, 6.45) is 1.52. The third kappa shape index (κ3) is 7.34. The van der Waals surface area contributed by atoms with Crippen molar-refractivity contribution in [1.29, 1.82) is 0 Å². The SMILES string of the molecule is CCC(OCCNC(C)(C)C)C(C)C. The highest BCUT2D eigenvalue weighted by Crippen LogP contribution is 2.09. The molecule has 0 saturated heterocycles. The summed E-state index contributed by atoms with van der Waals surface area (Å²) in [6, 6.07) is 0. The van der Waals surface area contributed by atoms with Gasteiger partial charge in [-0.05, 0) is 33.1 Å². The Labute approximate surface area is 89.4 Å². The minimum atomic E-state index is 0.197. The van der Waals surface area contributed by atoms with Crippen LogP contribution in [0.5, 0.6) is 0 Å². The first-order valence-electron chi connectivity index (χ1n) is 5.73. The maximum Gasteiger partial charge on any atom is 0.0596 e. The van der Waals surface area contributed by atoms with Crippen LogP contribution in [0.25, 0.3) is 0 Å². The smallest absolute Gasteiger partial charge is 0.0596 e. The molecule has 0 rings (SSSR count). The van der Waals surface area contributed by atoms with E-state index in [1.807, 2.05) is 0 Å². The van der Waals surface area contributed by atoms with E-state index in [9.17, 15) is 0 Å². The normalized spacial score (nSPS) is 14.8. The van der Waals surface area contributed by atoms with Gasteiger partial charge in [0.15, 0.2) is 0 Å². The topological polar surface area (TPSA) is 21.3 Å². The lowest BCUT2D eigenvalue weighted by atomic mass is 10.1. The van der Waals surface area contributed by atoms with Crippen LogP contribution < -0.4 is 5.32 Å². The summed E-state index contributed by atoms with van der Waals surface area (Å²) in [5.41, 5.74) is 0.197.